The molecule has 0 spiro atoms. The second-order valence-electron chi connectivity index (χ2n) is 4.17. The van der Waals surface area contributed by atoms with Crippen LogP contribution in [0, 0.1) is 10.1 Å². The monoisotopic (exact) mass is 253 g/mol. The number of ether oxygens (including phenoxy) is 1. The molecule has 98 valence electrons. The van der Waals surface area contributed by atoms with Crippen molar-refractivity contribution >= 4 is 11.5 Å². The minimum Gasteiger partial charge on any atom is -0.481 e. The standard InChI is InChI=1S/C11H15N3O4/c1-18-10-3-2-9(14(16)17)11(12-10)13-6-4-8(15)5-7-13/h2-3,8,15H,4-7H2,1H3. The largest absolute Gasteiger partial charge is 0.481 e. The van der Waals surface area contributed by atoms with Crippen LogP contribution in [0.3, 0.4) is 0 Å². The van der Waals surface area contributed by atoms with Gasteiger partial charge in [-0.25, -0.2) is 0 Å². The smallest absolute Gasteiger partial charge is 0.311 e. The van der Waals surface area contributed by atoms with Crippen LogP contribution >= 0.6 is 0 Å². The number of aromatic nitrogens is 1. The van der Waals surface area contributed by atoms with E-state index in [-0.39, 0.29) is 11.8 Å². The first-order valence-corrected chi connectivity index (χ1v) is 5.74. The van der Waals surface area contributed by atoms with Gasteiger partial charge in [0.1, 0.15) is 0 Å². The average Bonchev–Trinajstić information content (AvgIpc) is 2.38. The topological polar surface area (TPSA) is 88.7 Å². The zero-order chi connectivity index (χ0) is 13.1. The maximum atomic E-state index is 11.0. The van der Waals surface area contributed by atoms with Gasteiger partial charge in [0.25, 0.3) is 0 Å². The van der Waals surface area contributed by atoms with Crippen molar-refractivity contribution in [2.45, 2.75) is 18.9 Å². The molecule has 1 fully saturated rings. The number of nitro groups is 1. The van der Waals surface area contributed by atoms with Gasteiger partial charge in [-0.2, -0.15) is 4.98 Å². The fraction of sp³-hybridized carbons (Fsp3) is 0.545. The van der Waals surface area contributed by atoms with Gasteiger partial charge < -0.3 is 14.7 Å². The second kappa shape index (κ2) is 5.18. The number of methoxy groups -OCH3 is 1. The molecule has 1 aliphatic rings. The summed E-state index contributed by atoms with van der Waals surface area (Å²) in [6, 6.07) is 2.87. The van der Waals surface area contributed by atoms with Crippen molar-refractivity contribution in [3.63, 3.8) is 0 Å². The lowest BCUT2D eigenvalue weighted by molar-refractivity contribution is -0.384. The van der Waals surface area contributed by atoms with Crippen molar-refractivity contribution in [1.82, 2.24) is 4.98 Å². The minimum absolute atomic E-state index is 0.0350. The molecule has 0 radical (unpaired) electrons. The van der Waals surface area contributed by atoms with Crippen molar-refractivity contribution < 1.29 is 14.8 Å². The Morgan fingerprint density at radius 1 is 1.50 bits per heavy atom. The van der Waals surface area contributed by atoms with Crippen LogP contribution in [0.2, 0.25) is 0 Å². The number of pyridine rings is 1. The normalized spacial score (nSPS) is 16.7. The first-order chi connectivity index (χ1) is 8.61. The third kappa shape index (κ3) is 2.51. The Morgan fingerprint density at radius 2 is 2.17 bits per heavy atom. The van der Waals surface area contributed by atoms with Gasteiger partial charge in [-0.15, -0.1) is 0 Å². The molecule has 0 atom stereocenters. The molecule has 0 amide bonds. The molecule has 1 aromatic heterocycles. The highest BCUT2D eigenvalue weighted by Crippen LogP contribution is 2.30. The molecule has 0 unspecified atom stereocenters. The van der Waals surface area contributed by atoms with E-state index in [4.69, 9.17) is 4.74 Å². The predicted octanol–water partition coefficient (Wildman–Crippen LogP) is 0.959. The fourth-order valence-electron chi connectivity index (χ4n) is 1.99. The van der Waals surface area contributed by atoms with Crippen LogP contribution in [-0.2, 0) is 0 Å². The molecule has 1 N–H and O–H groups in total. The molecule has 0 saturated carbocycles. The highest BCUT2D eigenvalue weighted by molar-refractivity contribution is 5.59. The third-order valence-corrected chi connectivity index (χ3v) is 3.00. The lowest BCUT2D eigenvalue weighted by Crippen LogP contribution is -2.36. The van der Waals surface area contributed by atoms with Crippen LogP contribution in [0.5, 0.6) is 5.88 Å². The molecular formula is C11H15N3O4. The van der Waals surface area contributed by atoms with Gasteiger partial charge in [-0.05, 0) is 12.8 Å². The van der Waals surface area contributed by atoms with Gasteiger partial charge in [-0.3, -0.25) is 10.1 Å². The van der Waals surface area contributed by atoms with Crippen LogP contribution in [0.4, 0.5) is 11.5 Å². The number of rotatable bonds is 3. The summed E-state index contributed by atoms with van der Waals surface area (Å²) in [5, 5.41) is 20.4. The van der Waals surface area contributed by atoms with E-state index in [9.17, 15) is 15.2 Å². The summed E-state index contributed by atoms with van der Waals surface area (Å²) in [6.07, 6.45) is 0.859. The van der Waals surface area contributed by atoms with Crippen molar-refractivity contribution in [1.29, 1.82) is 0 Å². The molecule has 2 heterocycles. The minimum atomic E-state index is -0.452. The van der Waals surface area contributed by atoms with Crippen LogP contribution in [-0.4, -0.2) is 41.3 Å². The van der Waals surface area contributed by atoms with E-state index in [2.05, 4.69) is 4.98 Å². The van der Waals surface area contributed by atoms with E-state index >= 15 is 0 Å². The van der Waals surface area contributed by atoms with Crippen molar-refractivity contribution in [2.75, 3.05) is 25.1 Å². The first kappa shape index (κ1) is 12.6. The third-order valence-electron chi connectivity index (χ3n) is 3.00. The van der Waals surface area contributed by atoms with Crippen molar-refractivity contribution in [3.8, 4) is 5.88 Å². The number of hydrogen-bond donors (Lipinski definition) is 1. The van der Waals surface area contributed by atoms with E-state index < -0.39 is 4.92 Å². The molecule has 7 nitrogen and oxygen atoms in total. The molecule has 0 aromatic carbocycles. The Labute approximate surface area is 104 Å². The number of piperidine rings is 1. The maximum Gasteiger partial charge on any atom is 0.311 e. The van der Waals surface area contributed by atoms with E-state index in [1.165, 1.54) is 19.2 Å². The van der Waals surface area contributed by atoms with E-state index in [0.717, 1.165) is 0 Å². The van der Waals surface area contributed by atoms with Crippen LogP contribution in [0.25, 0.3) is 0 Å². The maximum absolute atomic E-state index is 11.0. The lowest BCUT2D eigenvalue weighted by Gasteiger charge is -2.30. The molecule has 0 aliphatic carbocycles. The Morgan fingerprint density at radius 3 is 2.72 bits per heavy atom. The molecule has 7 heteroatoms. The van der Waals surface area contributed by atoms with Crippen LogP contribution < -0.4 is 9.64 Å². The summed E-state index contributed by atoms with van der Waals surface area (Å²) in [7, 11) is 1.47. The highest BCUT2D eigenvalue weighted by atomic mass is 16.6. The number of aliphatic hydroxyl groups excluding tert-OH is 1. The molecule has 18 heavy (non-hydrogen) atoms. The molecule has 1 saturated heterocycles. The van der Waals surface area contributed by atoms with Gasteiger partial charge in [0.2, 0.25) is 11.7 Å². The Bertz CT molecular complexity index is 444. The van der Waals surface area contributed by atoms with Gasteiger partial charge in [0, 0.05) is 25.2 Å². The van der Waals surface area contributed by atoms with Crippen molar-refractivity contribution in [2.24, 2.45) is 0 Å². The van der Waals surface area contributed by atoms with Gasteiger partial charge in [0.05, 0.1) is 18.1 Å². The van der Waals surface area contributed by atoms with Gasteiger partial charge in [0.15, 0.2) is 0 Å². The number of hydrogen-bond acceptors (Lipinski definition) is 6. The number of anilines is 1. The van der Waals surface area contributed by atoms with E-state index in [1.54, 1.807) is 0 Å². The summed E-state index contributed by atoms with van der Waals surface area (Å²) >= 11 is 0. The fourth-order valence-corrected chi connectivity index (χ4v) is 1.99. The molecule has 2 rings (SSSR count). The Kier molecular flexibility index (Phi) is 3.61. The van der Waals surface area contributed by atoms with E-state index in [0.29, 0.717) is 37.6 Å². The summed E-state index contributed by atoms with van der Waals surface area (Å²) in [5.41, 5.74) is -0.0350. The molecule has 1 aliphatic heterocycles. The zero-order valence-electron chi connectivity index (χ0n) is 10.1. The zero-order valence-corrected chi connectivity index (χ0v) is 10.1. The summed E-state index contributed by atoms with van der Waals surface area (Å²) in [5.74, 6) is 0.660. The molecular weight excluding hydrogens is 238 g/mol. The first-order valence-electron chi connectivity index (χ1n) is 5.74. The quantitative estimate of drug-likeness (QED) is 0.637. The average molecular weight is 253 g/mol. The van der Waals surface area contributed by atoms with Gasteiger partial charge in [-0.1, -0.05) is 0 Å². The second-order valence-corrected chi connectivity index (χ2v) is 4.17. The summed E-state index contributed by atoms with van der Waals surface area (Å²) < 4.78 is 4.99. The highest BCUT2D eigenvalue weighted by Gasteiger charge is 2.25. The summed E-state index contributed by atoms with van der Waals surface area (Å²) in [4.78, 5) is 16.5. The van der Waals surface area contributed by atoms with Crippen LogP contribution in [0.15, 0.2) is 12.1 Å². The molecule has 0 bridgehead atoms. The SMILES string of the molecule is COc1ccc([N+](=O)[O-])c(N2CCC(O)CC2)n1. The predicted molar refractivity (Wildman–Crippen MR) is 64.9 cm³/mol. The molecule has 1 aromatic rings. The Balaban J connectivity index is 2.31. The van der Waals surface area contributed by atoms with Crippen molar-refractivity contribution in [3.05, 3.63) is 22.2 Å². The Hall–Kier alpha value is -1.89. The van der Waals surface area contributed by atoms with Gasteiger partial charge >= 0.3 is 5.69 Å². The van der Waals surface area contributed by atoms with Crippen LogP contribution in [0.1, 0.15) is 12.8 Å². The number of nitrogens with zero attached hydrogens (tertiary/aromatic N) is 3. The number of aliphatic hydroxyl groups is 1. The lowest BCUT2D eigenvalue weighted by atomic mass is 10.1. The van der Waals surface area contributed by atoms with E-state index in [1.807, 2.05) is 4.90 Å². The summed E-state index contributed by atoms with van der Waals surface area (Å²) in [6.45, 7) is 1.12.